The molecular weight excluding hydrogens is 242 g/mol. The lowest BCUT2D eigenvalue weighted by Gasteiger charge is -2.24. The monoisotopic (exact) mass is 258 g/mol. The molecule has 0 aromatic heterocycles. The Morgan fingerprint density at radius 2 is 1.94 bits per heavy atom. The number of amides is 1. The van der Waals surface area contributed by atoms with Gasteiger partial charge in [0.2, 0.25) is 5.91 Å². The molecule has 4 N–H and O–H groups in total. The second-order valence-corrected chi connectivity index (χ2v) is 4.52. The lowest BCUT2D eigenvalue weighted by Crippen LogP contribution is -2.51. The summed E-state index contributed by atoms with van der Waals surface area (Å²) in [5.74, 6) is -2.29. The average Bonchev–Trinajstić information content (AvgIpc) is 2.26. The third-order valence-electron chi connectivity index (χ3n) is 2.69. The van der Waals surface area contributed by atoms with E-state index in [-0.39, 0.29) is 6.54 Å². The maximum absolute atomic E-state index is 13.4. The van der Waals surface area contributed by atoms with Gasteiger partial charge >= 0.3 is 0 Å². The van der Waals surface area contributed by atoms with Gasteiger partial charge in [0.15, 0.2) is 0 Å². The first-order chi connectivity index (χ1) is 8.25. The number of hydrogen-bond donors (Lipinski definition) is 3. The lowest BCUT2D eigenvalue weighted by atomic mass is 10.0. The number of rotatable bonds is 5. The maximum Gasteiger partial charge on any atom is 0.237 e. The van der Waals surface area contributed by atoms with Crippen LogP contribution in [0.5, 0.6) is 0 Å². The molecule has 0 aliphatic heterocycles. The van der Waals surface area contributed by atoms with E-state index in [0.29, 0.717) is 0 Å². The predicted molar refractivity (Wildman–Crippen MR) is 62.6 cm³/mol. The van der Waals surface area contributed by atoms with Crippen LogP contribution < -0.4 is 11.1 Å². The van der Waals surface area contributed by atoms with Crippen LogP contribution in [-0.2, 0) is 4.79 Å². The molecule has 6 heteroatoms. The number of nitrogens with one attached hydrogen (secondary N) is 1. The molecule has 0 fully saturated rings. The highest BCUT2D eigenvalue weighted by atomic mass is 19.1. The van der Waals surface area contributed by atoms with E-state index in [4.69, 9.17) is 5.73 Å². The second kappa shape index (κ2) is 5.41. The van der Waals surface area contributed by atoms with Crippen molar-refractivity contribution in [3.8, 4) is 0 Å². The standard InChI is InChI=1S/C12H16F2N2O2/c1-12(2,11(15)18)16-6-9(17)10-7(13)4-3-5-8(10)14/h3-5,9,16-17H,6H2,1-2H3,(H2,15,18). The fourth-order valence-corrected chi connectivity index (χ4v) is 1.37. The van der Waals surface area contributed by atoms with Gasteiger partial charge in [-0.15, -0.1) is 0 Å². The topological polar surface area (TPSA) is 75.3 Å². The molecule has 0 saturated heterocycles. The molecule has 1 aromatic carbocycles. The minimum atomic E-state index is -1.40. The minimum Gasteiger partial charge on any atom is -0.387 e. The van der Waals surface area contributed by atoms with E-state index in [1.54, 1.807) is 0 Å². The van der Waals surface area contributed by atoms with Crippen LogP contribution >= 0.6 is 0 Å². The lowest BCUT2D eigenvalue weighted by molar-refractivity contribution is -0.123. The summed E-state index contributed by atoms with van der Waals surface area (Å²) in [6, 6.07) is 3.32. The van der Waals surface area contributed by atoms with Crippen molar-refractivity contribution >= 4 is 5.91 Å². The molecule has 0 heterocycles. The highest BCUT2D eigenvalue weighted by molar-refractivity contribution is 5.83. The van der Waals surface area contributed by atoms with E-state index in [0.717, 1.165) is 12.1 Å². The van der Waals surface area contributed by atoms with Crippen LogP contribution in [0.3, 0.4) is 0 Å². The Bertz CT molecular complexity index is 429. The molecule has 18 heavy (non-hydrogen) atoms. The van der Waals surface area contributed by atoms with Gasteiger partial charge in [0.05, 0.1) is 17.2 Å². The van der Waals surface area contributed by atoms with Crippen LogP contribution in [0, 0.1) is 11.6 Å². The number of hydrogen-bond acceptors (Lipinski definition) is 3. The van der Waals surface area contributed by atoms with Gasteiger partial charge in [0.25, 0.3) is 0 Å². The van der Waals surface area contributed by atoms with Gasteiger partial charge in [-0.05, 0) is 26.0 Å². The summed E-state index contributed by atoms with van der Waals surface area (Å²) in [6.07, 6.45) is -1.40. The van der Waals surface area contributed by atoms with Crippen LogP contribution in [0.2, 0.25) is 0 Å². The molecule has 0 radical (unpaired) electrons. The largest absolute Gasteiger partial charge is 0.387 e. The predicted octanol–water partition coefficient (Wildman–Crippen LogP) is 0.852. The summed E-state index contributed by atoms with van der Waals surface area (Å²) in [6.45, 7) is 2.84. The summed E-state index contributed by atoms with van der Waals surface area (Å²) in [7, 11) is 0. The van der Waals surface area contributed by atoms with Gasteiger partial charge in [-0.1, -0.05) is 6.07 Å². The molecule has 1 unspecified atom stereocenters. The number of nitrogens with two attached hydrogens (primary N) is 1. The minimum absolute atomic E-state index is 0.187. The second-order valence-electron chi connectivity index (χ2n) is 4.52. The van der Waals surface area contributed by atoms with Crippen LogP contribution in [0.4, 0.5) is 8.78 Å². The van der Waals surface area contributed by atoms with Gasteiger partial charge < -0.3 is 16.2 Å². The van der Waals surface area contributed by atoms with Gasteiger partial charge in [-0.25, -0.2) is 8.78 Å². The normalized spacial score (nSPS) is 13.4. The SMILES string of the molecule is CC(C)(NCC(O)c1c(F)cccc1F)C(N)=O. The van der Waals surface area contributed by atoms with E-state index in [9.17, 15) is 18.7 Å². The van der Waals surface area contributed by atoms with E-state index in [1.165, 1.54) is 19.9 Å². The van der Waals surface area contributed by atoms with Crippen molar-refractivity contribution in [2.24, 2.45) is 5.73 Å². The van der Waals surface area contributed by atoms with Crippen LogP contribution in [0.15, 0.2) is 18.2 Å². The number of aliphatic hydroxyl groups excluding tert-OH is 1. The molecule has 1 rings (SSSR count). The zero-order chi connectivity index (χ0) is 13.9. The van der Waals surface area contributed by atoms with Crippen molar-refractivity contribution in [1.29, 1.82) is 0 Å². The van der Waals surface area contributed by atoms with Gasteiger partial charge in [-0.2, -0.15) is 0 Å². The summed E-state index contributed by atoms with van der Waals surface area (Å²) < 4.78 is 26.7. The van der Waals surface area contributed by atoms with Gasteiger partial charge in [0, 0.05) is 6.54 Å². The molecule has 1 amide bonds. The number of carbonyl (C=O) groups excluding carboxylic acids is 1. The molecule has 1 aromatic rings. The number of β-amino-alcohol motifs (C(OH)–C–C–N with tert-alkyl or cyclic N) is 1. The van der Waals surface area contributed by atoms with Crippen LogP contribution in [0.1, 0.15) is 25.5 Å². The molecule has 0 saturated carbocycles. The number of aliphatic hydroxyl groups is 1. The molecule has 0 aliphatic rings. The third kappa shape index (κ3) is 3.24. The highest BCUT2D eigenvalue weighted by Gasteiger charge is 2.26. The van der Waals surface area contributed by atoms with E-state index in [2.05, 4.69) is 5.32 Å². The molecule has 0 spiro atoms. The van der Waals surface area contributed by atoms with Crippen molar-refractivity contribution in [3.63, 3.8) is 0 Å². The van der Waals surface area contributed by atoms with Crippen LogP contribution in [0.25, 0.3) is 0 Å². The van der Waals surface area contributed by atoms with Gasteiger partial charge in [-0.3, -0.25) is 4.79 Å². The molecule has 100 valence electrons. The molecular formula is C12H16F2N2O2. The Morgan fingerprint density at radius 3 is 2.39 bits per heavy atom. The Hall–Kier alpha value is -1.53. The Labute approximate surface area is 104 Å². The van der Waals surface area contributed by atoms with Crippen molar-refractivity contribution in [2.45, 2.75) is 25.5 Å². The summed E-state index contributed by atoms with van der Waals surface area (Å²) in [5.41, 5.74) is 3.63. The van der Waals surface area contributed by atoms with Crippen molar-refractivity contribution in [2.75, 3.05) is 6.54 Å². The first-order valence-corrected chi connectivity index (χ1v) is 5.42. The smallest absolute Gasteiger partial charge is 0.237 e. The number of halogens is 2. The first-order valence-electron chi connectivity index (χ1n) is 5.42. The average molecular weight is 258 g/mol. The fourth-order valence-electron chi connectivity index (χ4n) is 1.37. The number of benzene rings is 1. The summed E-state index contributed by atoms with van der Waals surface area (Å²) in [5, 5.41) is 12.4. The summed E-state index contributed by atoms with van der Waals surface area (Å²) >= 11 is 0. The number of primary amides is 1. The zero-order valence-corrected chi connectivity index (χ0v) is 10.2. The Morgan fingerprint density at radius 1 is 1.44 bits per heavy atom. The molecule has 0 aliphatic carbocycles. The maximum atomic E-state index is 13.4. The van der Waals surface area contributed by atoms with E-state index in [1.807, 2.05) is 0 Å². The quantitative estimate of drug-likeness (QED) is 0.733. The van der Waals surface area contributed by atoms with Gasteiger partial charge in [0.1, 0.15) is 11.6 Å². The Balaban J connectivity index is 2.78. The number of carbonyl (C=O) groups is 1. The van der Waals surface area contributed by atoms with E-state index >= 15 is 0 Å². The fraction of sp³-hybridized carbons (Fsp3) is 0.417. The molecule has 1 atom stereocenters. The van der Waals surface area contributed by atoms with Crippen molar-refractivity contribution in [1.82, 2.24) is 5.32 Å². The Kier molecular flexibility index (Phi) is 4.37. The molecule has 0 bridgehead atoms. The molecule has 4 nitrogen and oxygen atoms in total. The van der Waals surface area contributed by atoms with Crippen molar-refractivity contribution < 1.29 is 18.7 Å². The van der Waals surface area contributed by atoms with Crippen molar-refractivity contribution in [3.05, 3.63) is 35.4 Å². The third-order valence-corrected chi connectivity index (χ3v) is 2.69. The zero-order valence-electron chi connectivity index (χ0n) is 10.2. The van der Waals surface area contributed by atoms with E-state index < -0.39 is 34.7 Å². The summed E-state index contributed by atoms with van der Waals surface area (Å²) in [4.78, 5) is 11.0. The highest BCUT2D eigenvalue weighted by Crippen LogP contribution is 2.20. The van der Waals surface area contributed by atoms with Crippen LogP contribution in [-0.4, -0.2) is 23.1 Å². The first kappa shape index (κ1) is 14.5.